The second-order valence-corrected chi connectivity index (χ2v) is 5.54. The molecule has 2 aromatic carbocycles. The lowest BCUT2D eigenvalue weighted by Gasteiger charge is -2.12. The fourth-order valence-electron chi connectivity index (χ4n) is 2.41. The highest BCUT2D eigenvalue weighted by molar-refractivity contribution is 5.62. The summed E-state index contributed by atoms with van der Waals surface area (Å²) in [6, 6.07) is 10.2. The summed E-state index contributed by atoms with van der Waals surface area (Å²) in [4.78, 5) is 0. The van der Waals surface area contributed by atoms with Gasteiger partial charge in [0.2, 0.25) is 0 Å². The molecule has 0 aliphatic heterocycles. The molecule has 0 aliphatic rings. The molecule has 146 valence electrons. The summed E-state index contributed by atoms with van der Waals surface area (Å²) in [5.74, 6) is 1.34. The second-order valence-electron chi connectivity index (χ2n) is 5.54. The van der Waals surface area contributed by atoms with Gasteiger partial charge < -0.3 is 14.8 Å². The Bertz CT molecular complexity index is 968. The van der Waals surface area contributed by atoms with Crippen LogP contribution in [0.2, 0.25) is 0 Å². The number of ether oxygens (including phenoxy) is 2. The molecule has 0 unspecified atom stereocenters. The van der Waals surface area contributed by atoms with Gasteiger partial charge in [-0.15, -0.1) is 5.10 Å². The van der Waals surface area contributed by atoms with E-state index in [0.717, 1.165) is 12.1 Å². The van der Waals surface area contributed by atoms with Crippen molar-refractivity contribution in [1.29, 1.82) is 0 Å². The van der Waals surface area contributed by atoms with Gasteiger partial charge in [0, 0.05) is 12.3 Å². The number of alkyl halides is 3. The third-order valence-electron chi connectivity index (χ3n) is 3.81. The van der Waals surface area contributed by atoms with Gasteiger partial charge in [-0.25, -0.2) is 0 Å². The molecule has 0 fully saturated rings. The van der Waals surface area contributed by atoms with Crippen LogP contribution in [-0.2, 0) is 6.18 Å². The van der Waals surface area contributed by atoms with E-state index in [9.17, 15) is 13.2 Å². The molecule has 28 heavy (non-hydrogen) atoms. The number of hydrogen-bond acceptors (Lipinski definition) is 6. The number of nitrogens with zero attached hydrogens (tertiary/aromatic N) is 4. The Labute approximate surface area is 158 Å². The minimum Gasteiger partial charge on any atom is -0.497 e. The van der Waals surface area contributed by atoms with Crippen molar-refractivity contribution in [1.82, 2.24) is 20.2 Å². The summed E-state index contributed by atoms with van der Waals surface area (Å²) < 4.78 is 50.4. The molecule has 3 rings (SSSR count). The summed E-state index contributed by atoms with van der Waals surface area (Å²) in [5.41, 5.74) is 0.0754. The summed E-state index contributed by atoms with van der Waals surface area (Å²) in [5, 5.41) is 14.2. The molecular weight excluding hydrogens is 375 g/mol. The van der Waals surface area contributed by atoms with E-state index in [1.54, 1.807) is 31.4 Å². The molecule has 0 amide bonds. The maximum Gasteiger partial charge on any atom is 0.416 e. The predicted molar refractivity (Wildman–Crippen MR) is 96.4 cm³/mol. The SMILES string of the molecule is COc1ccc(-n2nnnc2/C=C/Nc2cc(C(F)(F)F)ccc2OC)cc1. The van der Waals surface area contributed by atoms with Gasteiger partial charge in [0.1, 0.15) is 11.5 Å². The molecule has 1 aromatic heterocycles. The Morgan fingerprint density at radius 1 is 1.04 bits per heavy atom. The van der Waals surface area contributed by atoms with Gasteiger partial charge in [0.15, 0.2) is 5.82 Å². The first-order valence-corrected chi connectivity index (χ1v) is 8.03. The minimum absolute atomic E-state index is 0.164. The average molecular weight is 391 g/mol. The molecule has 10 heteroatoms. The molecule has 0 aliphatic carbocycles. The van der Waals surface area contributed by atoms with Crippen molar-refractivity contribution in [3.05, 3.63) is 60.1 Å². The molecule has 3 aromatic rings. The van der Waals surface area contributed by atoms with Crippen LogP contribution < -0.4 is 14.8 Å². The number of benzene rings is 2. The number of anilines is 1. The highest BCUT2D eigenvalue weighted by Crippen LogP contribution is 2.34. The molecular formula is C18H16F3N5O2. The van der Waals surface area contributed by atoms with Crippen molar-refractivity contribution in [2.45, 2.75) is 6.18 Å². The standard InChI is InChI=1S/C18H16F3N5O2/c1-27-14-6-4-13(5-7-14)26-17(23-24-25-26)9-10-22-15-11-12(18(19,20)21)3-8-16(15)28-2/h3-11,22H,1-2H3/b10-9+. The summed E-state index contributed by atoms with van der Waals surface area (Å²) in [7, 11) is 2.94. The van der Waals surface area contributed by atoms with E-state index in [1.165, 1.54) is 30.1 Å². The normalized spacial score (nSPS) is 11.6. The number of methoxy groups -OCH3 is 2. The van der Waals surface area contributed by atoms with Gasteiger partial charge >= 0.3 is 6.18 Å². The molecule has 0 saturated heterocycles. The second kappa shape index (κ2) is 7.99. The van der Waals surface area contributed by atoms with Crippen LogP contribution in [0.15, 0.2) is 48.7 Å². The Kier molecular flexibility index (Phi) is 5.48. The first-order valence-electron chi connectivity index (χ1n) is 8.03. The molecule has 0 bridgehead atoms. The topological polar surface area (TPSA) is 74.1 Å². The zero-order valence-electron chi connectivity index (χ0n) is 14.9. The third kappa shape index (κ3) is 4.22. The zero-order chi connectivity index (χ0) is 20.1. The minimum atomic E-state index is -4.45. The molecule has 0 atom stereocenters. The number of rotatable bonds is 6. The fourth-order valence-corrected chi connectivity index (χ4v) is 2.41. The molecule has 7 nitrogen and oxygen atoms in total. The first-order chi connectivity index (χ1) is 13.4. The van der Waals surface area contributed by atoms with Crippen molar-refractivity contribution in [2.24, 2.45) is 0 Å². The van der Waals surface area contributed by atoms with Crippen LogP contribution in [-0.4, -0.2) is 34.4 Å². The van der Waals surface area contributed by atoms with Crippen LogP contribution in [0.1, 0.15) is 11.4 Å². The average Bonchev–Trinajstić information content (AvgIpc) is 3.15. The van der Waals surface area contributed by atoms with Crippen LogP contribution in [0.3, 0.4) is 0 Å². The monoisotopic (exact) mass is 391 g/mol. The highest BCUT2D eigenvalue weighted by Gasteiger charge is 2.31. The van der Waals surface area contributed by atoms with E-state index < -0.39 is 11.7 Å². The Hall–Kier alpha value is -3.56. The largest absolute Gasteiger partial charge is 0.497 e. The summed E-state index contributed by atoms with van der Waals surface area (Å²) >= 11 is 0. The molecule has 0 spiro atoms. The van der Waals surface area contributed by atoms with E-state index in [2.05, 4.69) is 20.8 Å². The lowest BCUT2D eigenvalue weighted by atomic mass is 10.2. The van der Waals surface area contributed by atoms with E-state index in [-0.39, 0.29) is 11.4 Å². The molecule has 1 N–H and O–H groups in total. The Balaban J connectivity index is 1.81. The van der Waals surface area contributed by atoms with Gasteiger partial charge in [-0.1, -0.05) is 0 Å². The van der Waals surface area contributed by atoms with Gasteiger partial charge in [0.05, 0.1) is 31.2 Å². The van der Waals surface area contributed by atoms with Crippen LogP contribution in [0.4, 0.5) is 18.9 Å². The first kappa shape index (κ1) is 19.2. The van der Waals surface area contributed by atoms with Crippen molar-refractivity contribution < 1.29 is 22.6 Å². The van der Waals surface area contributed by atoms with Gasteiger partial charge in [0.25, 0.3) is 0 Å². The molecule has 1 heterocycles. The van der Waals surface area contributed by atoms with E-state index in [0.29, 0.717) is 17.3 Å². The van der Waals surface area contributed by atoms with Crippen LogP contribution in [0.5, 0.6) is 11.5 Å². The third-order valence-corrected chi connectivity index (χ3v) is 3.81. The Morgan fingerprint density at radius 2 is 1.79 bits per heavy atom. The summed E-state index contributed by atoms with van der Waals surface area (Å²) in [6.45, 7) is 0. The van der Waals surface area contributed by atoms with Crippen molar-refractivity contribution in [2.75, 3.05) is 19.5 Å². The highest BCUT2D eigenvalue weighted by atomic mass is 19.4. The van der Waals surface area contributed by atoms with Crippen molar-refractivity contribution in [3.63, 3.8) is 0 Å². The summed E-state index contributed by atoms with van der Waals surface area (Å²) in [6.07, 6.45) is -1.49. The number of hydrogen-bond donors (Lipinski definition) is 1. The van der Waals surface area contributed by atoms with E-state index >= 15 is 0 Å². The number of nitrogens with one attached hydrogen (secondary N) is 1. The smallest absolute Gasteiger partial charge is 0.416 e. The van der Waals surface area contributed by atoms with Gasteiger partial charge in [-0.3, -0.25) is 0 Å². The number of aromatic nitrogens is 4. The van der Waals surface area contributed by atoms with Crippen LogP contribution >= 0.6 is 0 Å². The van der Waals surface area contributed by atoms with Crippen LogP contribution in [0.25, 0.3) is 11.8 Å². The Morgan fingerprint density at radius 3 is 2.43 bits per heavy atom. The van der Waals surface area contributed by atoms with Crippen LogP contribution in [0, 0.1) is 0 Å². The van der Waals surface area contributed by atoms with Gasteiger partial charge in [-0.2, -0.15) is 17.9 Å². The van der Waals surface area contributed by atoms with E-state index in [4.69, 9.17) is 9.47 Å². The maximum atomic E-state index is 12.9. The predicted octanol–water partition coefficient (Wildman–Crippen LogP) is 3.78. The zero-order valence-corrected chi connectivity index (χ0v) is 14.9. The van der Waals surface area contributed by atoms with Crippen molar-refractivity contribution in [3.8, 4) is 17.2 Å². The van der Waals surface area contributed by atoms with Gasteiger partial charge in [-0.05, 0) is 52.9 Å². The maximum absolute atomic E-state index is 12.9. The lowest BCUT2D eigenvalue weighted by Crippen LogP contribution is -2.06. The quantitative estimate of drug-likeness (QED) is 0.689. The molecule has 0 radical (unpaired) electrons. The fraction of sp³-hybridized carbons (Fsp3) is 0.167. The number of halogens is 3. The molecule has 0 saturated carbocycles. The van der Waals surface area contributed by atoms with E-state index in [1.807, 2.05) is 0 Å². The number of tetrazole rings is 1. The lowest BCUT2D eigenvalue weighted by molar-refractivity contribution is -0.137. The van der Waals surface area contributed by atoms with Crippen molar-refractivity contribution >= 4 is 11.8 Å².